The Bertz CT molecular complexity index is 1020. The van der Waals surface area contributed by atoms with E-state index in [0.29, 0.717) is 11.3 Å². The molecule has 2 aromatic carbocycles. The van der Waals surface area contributed by atoms with Crippen molar-refractivity contribution in [1.29, 1.82) is 0 Å². The Labute approximate surface area is 145 Å². The van der Waals surface area contributed by atoms with Crippen LogP contribution in [0.25, 0.3) is 17.0 Å². The number of hydrogen-bond donors (Lipinski definition) is 1. The van der Waals surface area contributed by atoms with Crippen LogP contribution in [0.2, 0.25) is 0 Å². The van der Waals surface area contributed by atoms with Gasteiger partial charge in [-0.1, -0.05) is 29.8 Å². The predicted molar refractivity (Wildman–Crippen MR) is 97.6 cm³/mol. The molecule has 0 fully saturated rings. The van der Waals surface area contributed by atoms with Gasteiger partial charge in [-0.15, -0.1) is 0 Å². The summed E-state index contributed by atoms with van der Waals surface area (Å²) in [4.78, 5) is 21.0. The Kier molecular flexibility index (Phi) is 3.74. The molecule has 4 rings (SSSR count). The SMILES string of the molecule is Cc1cccc(C(=O)Nc2ccc(-c3cn4cccnc4n3)cc2)c1. The third-order valence-electron chi connectivity index (χ3n) is 3.95. The van der Waals surface area contributed by atoms with Gasteiger partial charge in [0.25, 0.3) is 5.91 Å². The van der Waals surface area contributed by atoms with E-state index in [1.807, 2.05) is 72.2 Å². The molecule has 2 heterocycles. The second-order valence-electron chi connectivity index (χ2n) is 5.85. The van der Waals surface area contributed by atoms with Crippen LogP contribution in [-0.2, 0) is 0 Å². The van der Waals surface area contributed by atoms with Gasteiger partial charge in [-0.25, -0.2) is 9.97 Å². The Morgan fingerprint density at radius 3 is 2.68 bits per heavy atom. The summed E-state index contributed by atoms with van der Waals surface area (Å²) >= 11 is 0. The van der Waals surface area contributed by atoms with Crippen LogP contribution in [0, 0.1) is 6.92 Å². The summed E-state index contributed by atoms with van der Waals surface area (Å²) in [6.07, 6.45) is 5.56. The Hall–Kier alpha value is -3.47. The van der Waals surface area contributed by atoms with Crippen molar-refractivity contribution in [3.8, 4) is 11.3 Å². The monoisotopic (exact) mass is 328 g/mol. The first-order valence-corrected chi connectivity index (χ1v) is 7.97. The van der Waals surface area contributed by atoms with Crippen LogP contribution in [0.4, 0.5) is 5.69 Å². The number of fused-ring (bicyclic) bond motifs is 1. The minimum atomic E-state index is -0.117. The minimum Gasteiger partial charge on any atom is -0.322 e. The Morgan fingerprint density at radius 1 is 1.08 bits per heavy atom. The molecule has 5 heteroatoms. The van der Waals surface area contributed by atoms with Gasteiger partial charge in [0, 0.05) is 35.4 Å². The van der Waals surface area contributed by atoms with Crippen molar-refractivity contribution in [3.05, 3.63) is 84.3 Å². The fourth-order valence-corrected chi connectivity index (χ4v) is 2.68. The zero-order valence-electron chi connectivity index (χ0n) is 13.7. The van der Waals surface area contributed by atoms with Gasteiger partial charge in [-0.3, -0.25) is 9.20 Å². The molecule has 0 bridgehead atoms. The third-order valence-corrected chi connectivity index (χ3v) is 3.95. The number of anilines is 1. The first kappa shape index (κ1) is 15.1. The quantitative estimate of drug-likeness (QED) is 0.619. The van der Waals surface area contributed by atoms with E-state index in [-0.39, 0.29) is 5.91 Å². The molecule has 0 aliphatic rings. The van der Waals surface area contributed by atoms with E-state index in [4.69, 9.17) is 0 Å². The molecule has 0 spiro atoms. The first-order chi connectivity index (χ1) is 12.2. The van der Waals surface area contributed by atoms with Crippen LogP contribution in [0.3, 0.4) is 0 Å². The maximum atomic E-state index is 12.3. The highest BCUT2D eigenvalue weighted by molar-refractivity contribution is 6.04. The number of nitrogens with one attached hydrogen (secondary N) is 1. The predicted octanol–water partition coefficient (Wildman–Crippen LogP) is 3.96. The van der Waals surface area contributed by atoms with E-state index in [0.717, 1.165) is 22.5 Å². The maximum absolute atomic E-state index is 12.3. The highest BCUT2D eigenvalue weighted by Crippen LogP contribution is 2.21. The zero-order valence-corrected chi connectivity index (χ0v) is 13.7. The number of nitrogens with zero attached hydrogens (tertiary/aromatic N) is 3. The summed E-state index contributed by atoms with van der Waals surface area (Å²) in [6, 6.07) is 17.0. The second kappa shape index (κ2) is 6.20. The third kappa shape index (κ3) is 3.12. The smallest absolute Gasteiger partial charge is 0.255 e. The molecule has 1 amide bonds. The van der Waals surface area contributed by atoms with Gasteiger partial charge in [-0.05, 0) is 37.3 Å². The molecule has 2 aromatic heterocycles. The summed E-state index contributed by atoms with van der Waals surface area (Å²) in [5.74, 6) is 0.544. The van der Waals surface area contributed by atoms with Gasteiger partial charge < -0.3 is 5.32 Å². The summed E-state index contributed by atoms with van der Waals surface area (Å²) in [5, 5.41) is 2.91. The lowest BCUT2D eigenvalue weighted by Crippen LogP contribution is -2.11. The lowest BCUT2D eigenvalue weighted by molar-refractivity contribution is 0.102. The van der Waals surface area contributed by atoms with Gasteiger partial charge >= 0.3 is 0 Å². The van der Waals surface area contributed by atoms with Crippen LogP contribution in [0.1, 0.15) is 15.9 Å². The molecular formula is C20H16N4O. The number of carbonyl (C=O) groups excluding carboxylic acids is 1. The fraction of sp³-hybridized carbons (Fsp3) is 0.0500. The minimum absolute atomic E-state index is 0.117. The van der Waals surface area contributed by atoms with Gasteiger partial charge in [0.15, 0.2) is 0 Å². The summed E-state index contributed by atoms with van der Waals surface area (Å²) in [7, 11) is 0. The molecule has 0 aliphatic heterocycles. The van der Waals surface area contributed by atoms with Crippen molar-refractivity contribution in [3.63, 3.8) is 0 Å². The van der Waals surface area contributed by atoms with Crippen LogP contribution >= 0.6 is 0 Å². The van der Waals surface area contributed by atoms with Crippen molar-refractivity contribution < 1.29 is 4.79 Å². The average molecular weight is 328 g/mol. The van der Waals surface area contributed by atoms with Crippen molar-refractivity contribution in [1.82, 2.24) is 14.4 Å². The van der Waals surface area contributed by atoms with E-state index in [2.05, 4.69) is 15.3 Å². The molecule has 0 atom stereocenters. The van der Waals surface area contributed by atoms with E-state index >= 15 is 0 Å². The molecule has 122 valence electrons. The largest absolute Gasteiger partial charge is 0.322 e. The summed E-state index contributed by atoms with van der Waals surface area (Å²) < 4.78 is 1.88. The fourth-order valence-electron chi connectivity index (χ4n) is 2.68. The molecule has 25 heavy (non-hydrogen) atoms. The second-order valence-corrected chi connectivity index (χ2v) is 5.85. The highest BCUT2D eigenvalue weighted by Gasteiger charge is 2.08. The van der Waals surface area contributed by atoms with E-state index in [1.54, 1.807) is 12.3 Å². The van der Waals surface area contributed by atoms with E-state index < -0.39 is 0 Å². The number of carbonyl (C=O) groups is 1. The molecular weight excluding hydrogens is 312 g/mol. The lowest BCUT2D eigenvalue weighted by Gasteiger charge is -2.06. The topological polar surface area (TPSA) is 59.3 Å². The molecule has 0 saturated carbocycles. The maximum Gasteiger partial charge on any atom is 0.255 e. The number of amides is 1. The van der Waals surface area contributed by atoms with Crippen LogP contribution in [-0.4, -0.2) is 20.3 Å². The van der Waals surface area contributed by atoms with Crippen molar-refractivity contribution >= 4 is 17.4 Å². The van der Waals surface area contributed by atoms with Gasteiger partial charge in [-0.2, -0.15) is 0 Å². The van der Waals surface area contributed by atoms with E-state index in [1.165, 1.54) is 0 Å². The van der Waals surface area contributed by atoms with Crippen molar-refractivity contribution in [2.45, 2.75) is 6.92 Å². The molecule has 0 aliphatic carbocycles. The molecule has 1 N–H and O–H groups in total. The highest BCUT2D eigenvalue weighted by atomic mass is 16.1. The first-order valence-electron chi connectivity index (χ1n) is 7.97. The van der Waals surface area contributed by atoms with Gasteiger partial charge in [0.05, 0.1) is 5.69 Å². The zero-order chi connectivity index (χ0) is 17.2. The number of aromatic nitrogens is 3. The van der Waals surface area contributed by atoms with Gasteiger partial charge in [0.2, 0.25) is 5.78 Å². The molecule has 4 aromatic rings. The van der Waals surface area contributed by atoms with E-state index in [9.17, 15) is 4.79 Å². The van der Waals surface area contributed by atoms with Crippen molar-refractivity contribution in [2.75, 3.05) is 5.32 Å². The average Bonchev–Trinajstić information content (AvgIpc) is 3.06. The van der Waals surface area contributed by atoms with Crippen LogP contribution in [0.15, 0.2) is 73.2 Å². The number of benzene rings is 2. The Balaban J connectivity index is 1.54. The number of aryl methyl sites for hydroxylation is 1. The lowest BCUT2D eigenvalue weighted by atomic mass is 10.1. The summed E-state index contributed by atoms with van der Waals surface area (Å²) in [6.45, 7) is 1.97. The molecule has 5 nitrogen and oxygen atoms in total. The van der Waals surface area contributed by atoms with Crippen LogP contribution < -0.4 is 5.32 Å². The number of hydrogen-bond acceptors (Lipinski definition) is 3. The summed E-state index contributed by atoms with van der Waals surface area (Å²) in [5.41, 5.74) is 4.27. The number of imidazole rings is 1. The molecule has 0 radical (unpaired) electrons. The normalized spacial score (nSPS) is 10.8. The van der Waals surface area contributed by atoms with Crippen molar-refractivity contribution in [2.24, 2.45) is 0 Å². The van der Waals surface area contributed by atoms with Gasteiger partial charge in [0.1, 0.15) is 0 Å². The molecule has 0 saturated heterocycles. The standard InChI is InChI=1S/C20H16N4O/c1-14-4-2-5-16(12-14)19(25)22-17-8-6-15(7-9-17)18-13-24-11-3-10-21-20(24)23-18/h2-13H,1H3,(H,22,25). The Morgan fingerprint density at radius 2 is 1.92 bits per heavy atom. The number of rotatable bonds is 3. The molecule has 0 unspecified atom stereocenters. The van der Waals surface area contributed by atoms with Crippen LogP contribution in [0.5, 0.6) is 0 Å².